The molecule has 0 atom stereocenters. The fourth-order valence-corrected chi connectivity index (χ4v) is 3.13. The molecule has 102 valence electrons. The van der Waals surface area contributed by atoms with Gasteiger partial charge in [-0.2, -0.15) is 4.37 Å². The van der Waals surface area contributed by atoms with Gasteiger partial charge in [-0.1, -0.05) is 18.2 Å². The molecule has 0 aliphatic carbocycles. The van der Waals surface area contributed by atoms with Crippen LogP contribution in [0.25, 0.3) is 10.2 Å². The summed E-state index contributed by atoms with van der Waals surface area (Å²) < 4.78 is 5.87. The number of aryl methyl sites for hydroxylation is 3. The summed E-state index contributed by atoms with van der Waals surface area (Å²) in [5.74, 6) is 0. The van der Waals surface area contributed by atoms with Crippen LogP contribution in [0.3, 0.4) is 0 Å². The van der Waals surface area contributed by atoms with Gasteiger partial charge in [0.15, 0.2) is 4.83 Å². The number of rotatable bonds is 2. The summed E-state index contributed by atoms with van der Waals surface area (Å²) in [6.45, 7) is 6.54. The summed E-state index contributed by atoms with van der Waals surface area (Å²) in [6, 6.07) is 6.17. The van der Waals surface area contributed by atoms with Crippen LogP contribution in [0.15, 0.2) is 29.3 Å². The molecule has 0 bridgehead atoms. The van der Waals surface area contributed by atoms with Gasteiger partial charge in [-0.05, 0) is 49.0 Å². The SMILES string of the molecule is Cc1cccc(C)c1Cn1cnc2snc(C)c2c1=O. The van der Waals surface area contributed by atoms with E-state index in [1.54, 1.807) is 10.9 Å². The second kappa shape index (κ2) is 4.83. The van der Waals surface area contributed by atoms with Crippen LogP contribution in [-0.4, -0.2) is 13.9 Å². The highest BCUT2D eigenvalue weighted by Crippen LogP contribution is 2.17. The standard InChI is InChI=1S/C15H15N3OS/c1-9-5-4-6-10(2)12(9)7-18-8-16-14-13(15(18)19)11(3)17-20-14/h4-6,8H,7H2,1-3H3. The topological polar surface area (TPSA) is 47.8 Å². The van der Waals surface area contributed by atoms with Gasteiger partial charge in [-0.25, -0.2) is 4.98 Å². The van der Waals surface area contributed by atoms with Gasteiger partial charge in [-0.3, -0.25) is 9.36 Å². The second-order valence-corrected chi connectivity index (χ2v) is 5.75. The van der Waals surface area contributed by atoms with Gasteiger partial charge in [0, 0.05) is 0 Å². The molecular weight excluding hydrogens is 270 g/mol. The van der Waals surface area contributed by atoms with Crippen molar-refractivity contribution in [3.05, 3.63) is 57.3 Å². The van der Waals surface area contributed by atoms with Gasteiger partial charge in [-0.15, -0.1) is 0 Å². The van der Waals surface area contributed by atoms with Crippen molar-refractivity contribution in [1.29, 1.82) is 0 Å². The minimum Gasteiger partial charge on any atom is -0.294 e. The first-order chi connectivity index (χ1) is 9.58. The van der Waals surface area contributed by atoms with Crippen LogP contribution in [0.4, 0.5) is 0 Å². The number of aromatic nitrogens is 3. The van der Waals surface area contributed by atoms with Crippen LogP contribution in [0.1, 0.15) is 22.4 Å². The van der Waals surface area contributed by atoms with E-state index >= 15 is 0 Å². The first kappa shape index (κ1) is 13.0. The maximum atomic E-state index is 12.5. The fourth-order valence-electron chi connectivity index (χ4n) is 2.39. The van der Waals surface area contributed by atoms with Crippen molar-refractivity contribution in [3.8, 4) is 0 Å². The number of hydrogen-bond acceptors (Lipinski definition) is 4. The lowest BCUT2D eigenvalue weighted by atomic mass is 10.0. The maximum Gasteiger partial charge on any atom is 0.264 e. The normalized spacial score (nSPS) is 11.2. The molecule has 0 amide bonds. The van der Waals surface area contributed by atoms with Crippen molar-refractivity contribution in [2.75, 3.05) is 0 Å². The summed E-state index contributed by atoms with van der Waals surface area (Å²) >= 11 is 1.27. The van der Waals surface area contributed by atoms with Crippen molar-refractivity contribution in [1.82, 2.24) is 13.9 Å². The predicted molar refractivity (Wildman–Crippen MR) is 81.4 cm³/mol. The van der Waals surface area contributed by atoms with Gasteiger partial charge in [0.2, 0.25) is 0 Å². The molecule has 20 heavy (non-hydrogen) atoms. The van der Waals surface area contributed by atoms with Gasteiger partial charge in [0.05, 0.1) is 24.0 Å². The Kier molecular flexibility index (Phi) is 3.14. The highest BCUT2D eigenvalue weighted by atomic mass is 32.1. The Labute approximate surface area is 120 Å². The number of hydrogen-bond donors (Lipinski definition) is 0. The lowest BCUT2D eigenvalue weighted by Gasteiger charge is -2.11. The van der Waals surface area contributed by atoms with Crippen molar-refractivity contribution >= 4 is 21.7 Å². The molecular formula is C15H15N3OS. The summed E-state index contributed by atoms with van der Waals surface area (Å²) in [4.78, 5) is 17.6. The lowest BCUT2D eigenvalue weighted by molar-refractivity contribution is 0.741. The summed E-state index contributed by atoms with van der Waals surface area (Å²) in [7, 11) is 0. The van der Waals surface area contributed by atoms with Crippen LogP contribution < -0.4 is 5.56 Å². The van der Waals surface area contributed by atoms with Crippen molar-refractivity contribution in [3.63, 3.8) is 0 Å². The molecule has 0 saturated heterocycles. The molecule has 0 aliphatic rings. The van der Waals surface area contributed by atoms with E-state index in [9.17, 15) is 4.79 Å². The first-order valence-corrected chi connectivity index (χ1v) is 7.22. The van der Waals surface area contributed by atoms with E-state index < -0.39 is 0 Å². The zero-order chi connectivity index (χ0) is 14.3. The monoisotopic (exact) mass is 285 g/mol. The van der Waals surface area contributed by atoms with Gasteiger partial charge >= 0.3 is 0 Å². The third-order valence-electron chi connectivity index (χ3n) is 3.61. The summed E-state index contributed by atoms with van der Waals surface area (Å²) in [6.07, 6.45) is 1.62. The molecule has 0 radical (unpaired) electrons. The molecule has 0 N–H and O–H groups in total. The molecule has 0 aliphatic heterocycles. The molecule has 4 nitrogen and oxygen atoms in total. The van der Waals surface area contributed by atoms with Crippen LogP contribution in [0.5, 0.6) is 0 Å². The summed E-state index contributed by atoms with van der Waals surface area (Å²) in [5, 5.41) is 0.642. The van der Waals surface area contributed by atoms with Crippen LogP contribution in [0.2, 0.25) is 0 Å². The summed E-state index contributed by atoms with van der Waals surface area (Å²) in [5.41, 5.74) is 4.31. The predicted octanol–water partition coefficient (Wildman–Crippen LogP) is 2.83. The van der Waals surface area contributed by atoms with E-state index in [4.69, 9.17) is 0 Å². The molecule has 2 aromatic heterocycles. The Morgan fingerprint density at radius 1 is 1.20 bits per heavy atom. The van der Waals surface area contributed by atoms with E-state index in [-0.39, 0.29) is 5.56 Å². The Balaban J connectivity index is 2.14. The van der Waals surface area contributed by atoms with E-state index in [1.807, 2.05) is 13.0 Å². The van der Waals surface area contributed by atoms with E-state index in [0.29, 0.717) is 16.8 Å². The molecule has 2 heterocycles. The third kappa shape index (κ3) is 2.04. The Morgan fingerprint density at radius 3 is 2.60 bits per heavy atom. The molecule has 0 fully saturated rings. The highest BCUT2D eigenvalue weighted by molar-refractivity contribution is 7.12. The van der Waals surface area contributed by atoms with Crippen molar-refractivity contribution in [2.45, 2.75) is 27.3 Å². The van der Waals surface area contributed by atoms with Crippen LogP contribution >= 0.6 is 11.5 Å². The van der Waals surface area contributed by atoms with E-state index in [0.717, 1.165) is 5.69 Å². The average molecular weight is 285 g/mol. The van der Waals surface area contributed by atoms with Crippen molar-refractivity contribution in [2.24, 2.45) is 0 Å². The minimum absolute atomic E-state index is 0.0103. The van der Waals surface area contributed by atoms with E-state index in [1.165, 1.54) is 28.2 Å². The molecule has 0 unspecified atom stereocenters. The smallest absolute Gasteiger partial charge is 0.264 e. The second-order valence-electron chi connectivity index (χ2n) is 5.00. The van der Waals surface area contributed by atoms with Crippen LogP contribution in [-0.2, 0) is 6.54 Å². The largest absolute Gasteiger partial charge is 0.294 e. The van der Waals surface area contributed by atoms with E-state index in [2.05, 4.69) is 35.3 Å². The third-order valence-corrected chi connectivity index (χ3v) is 4.45. The molecule has 5 heteroatoms. The van der Waals surface area contributed by atoms with Gasteiger partial charge in [0.25, 0.3) is 5.56 Å². The Bertz CT molecular complexity index is 828. The van der Waals surface area contributed by atoms with Gasteiger partial charge < -0.3 is 0 Å². The number of benzene rings is 1. The minimum atomic E-state index is -0.0103. The fraction of sp³-hybridized carbons (Fsp3) is 0.267. The zero-order valence-corrected chi connectivity index (χ0v) is 12.5. The highest BCUT2D eigenvalue weighted by Gasteiger charge is 2.11. The van der Waals surface area contributed by atoms with Crippen molar-refractivity contribution < 1.29 is 0 Å². The zero-order valence-electron chi connectivity index (χ0n) is 11.7. The molecule has 3 aromatic rings. The first-order valence-electron chi connectivity index (χ1n) is 6.44. The number of nitrogens with zero attached hydrogens (tertiary/aromatic N) is 3. The quantitative estimate of drug-likeness (QED) is 0.727. The molecule has 0 saturated carbocycles. The Morgan fingerprint density at radius 2 is 1.90 bits per heavy atom. The molecule has 1 aromatic carbocycles. The number of fused-ring (bicyclic) bond motifs is 1. The van der Waals surface area contributed by atoms with Gasteiger partial charge in [0.1, 0.15) is 0 Å². The lowest BCUT2D eigenvalue weighted by Crippen LogP contribution is -2.21. The van der Waals surface area contributed by atoms with Crippen LogP contribution in [0, 0.1) is 20.8 Å². The average Bonchev–Trinajstić information content (AvgIpc) is 2.79. The maximum absolute atomic E-state index is 12.5. The molecule has 3 rings (SSSR count). The molecule has 0 spiro atoms. The Hall–Kier alpha value is -2.01.